The van der Waals surface area contributed by atoms with Crippen LogP contribution < -0.4 is 0 Å². The average molecular weight is 186 g/mol. The lowest BCUT2D eigenvalue weighted by Gasteiger charge is -2.38. The summed E-state index contributed by atoms with van der Waals surface area (Å²) in [7, 11) is 5.47. The molecule has 0 spiro atoms. The number of rotatable bonds is 4. The first-order valence-corrected chi connectivity index (χ1v) is 4.55. The van der Waals surface area contributed by atoms with Crippen LogP contribution in [0, 0.1) is 5.92 Å². The van der Waals surface area contributed by atoms with E-state index in [0.717, 1.165) is 19.6 Å². The summed E-state index contributed by atoms with van der Waals surface area (Å²) in [6.07, 6.45) is 0. The van der Waals surface area contributed by atoms with Crippen LogP contribution in [0.5, 0.6) is 0 Å². The van der Waals surface area contributed by atoms with Crippen molar-refractivity contribution < 1.29 is 9.53 Å². The number of carbonyl (C=O) groups is 1. The van der Waals surface area contributed by atoms with Gasteiger partial charge in [0.1, 0.15) is 6.61 Å². The van der Waals surface area contributed by atoms with Gasteiger partial charge in [-0.3, -0.25) is 4.79 Å². The van der Waals surface area contributed by atoms with E-state index in [1.807, 2.05) is 7.05 Å². The molecule has 1 aliphatic rings. The van der Waals surface area contributed by atoms with Gasteiger partial charge in [0, 0.05) is 39.7 Å². The molecule has 0 atom stereocenters. The zero-order chi connectivity index (χ0) is 9.84. The Kier molecular flexibility index (Phi) is 3.69. The molecule has 1 heterocycles. The van der Waals surface area contributed by atoms with Gasteiger partial charge in [0.15, 0.2) is 0 Å². The van der Waals surface area contributed by atoms with Gasteiger partial charge in [0.2, 0.25) is 5.91 Å². The van der Waals surface area contributed by atoms with Crippen LogP contribution in [0.3, 0.4) is 0 Å². The van der Waals surface area contributed by atoms with Crippen molar-refractivity contribution in [3.8, 4) is 0 Å². The third kappa shape index (κ3) is 2.97. The average Bonchev–Trinajstić information content (AvgIpc) is 2.02. The Bertz CT molecular complexity index is 178. The summed E-state index contributed by atoms with van der Waals surface area (Å²) in [5, 5.41) is 0. The Morgan fingerprint density at radius 2 is 2.23 bits per heavy atom. The molecule has 1 saturated heterocycles. The largest absolute Gasteiger partial charge is 0.375 e. The summed E-state index contributed by atoms with van der Waals surface area (Å²) in [5.41, 5.74) is 0. The van der Waals surface area contributed by atoms with Gasteiger partial charge < -0.3 is 14.5 Å². The van der Waals surface area contributed by atoms with Crippen LogP contribution in [-0.2, 0) is 9.53 Å². The maximum absolute atomic E-state index is 11.3. The van der Waals surface area contributed by atoms with Gasteiger partial charge in [0.05, 0.1) is 0 Å². The molecule has 4 heteroatoms. The molecule has 0 aromatic rings. The number of hydrogen-bond donors (Lipinski definition) is 0. The molecule has 1 rings (SSSR count). The van der Waals surface area contributed by atoms with Crippen LogP contribution >= 0.6 is 0 Å². The fourth-order valence-electron chi connectivity index (χ4n) is 1.67. The molecule has 0 unspecified atom stereocenters. The van der Waals surface area contributed by atoms with Gasteiger partial charge >= 0.3 is 0 Å². The molecule has 76 valence electrons. The van der Waals surface area contributed by atoms with Gasteiger partial charge in [-0.1, -0.05) is 0 Å². The highest BCUT2D eigenvalue weighted by Gasteiger charge is 2.25. The second-order valence-corrected chi connectivity index (χ2v) is 3.79. The molecule has 0 bridgehead atoms. The number of likely N-dealkylation sites (tertiary alicyclic amines) is 1. The number of likely N-dealkylation sites (N-methyl/N-ethyl adjacent to an activating group) is 1. The lowest BCUT2D eigenvalue weighted by Crippen LogP contribution is -2.49. The fourth-order valence-corrected chi connectivity index (χ4v) is 1.67. The molecule has 0 saturated carbocycles. The quantitative estimate of drug-likeness (QED) is 0.602. The molecule has 13 heavy (non-hydrogen) atoms. The lowest BCUT2D eigenvalue weighted by atomic mass is 10.0. The summed E-state index contributed by atoms with van der Waals surface area (Å²) in [4.78, 5) is 15.3. The molecule has 4 nitrogen and oxygen atoms in total. The summed E-state index contributed by atoms with van der Waals surface area (Å²) in [6, 6.07) is 0. The van der Waals surface area contributed by atoms with Gasteiger partial charge in [-0.05, 0) is 7.05 Å². The van der Waals surface area contributed by atoms with Crippen molar-refractivity contribution >= 4 is 5.91 Å². The van der Waals surface area contributed by atoms with Crippen LogP contribution in [0.1, 0.15) is 0 Å². The molecule has 1 amide bonds. The predicted octanol–water partition coefficient (Wildman–Crippen LogP) is -0.347. The predicted molar refractivity (Wildman–Crippen MR) is 50.5 cm³/mol. The smallest absolute Gasteiger partial charge is 0.248 e. The fraction of sp³-hybridized carbons (Fsp3) is 0.889. The zero-order valence-corrected chi connectivity index (χ0v) is 8.62. The van der Waals surface area contributed by atoms with Gasteiger partial charge in [-0.25, -0.2) is 0 Å². The van der Waals surface area contributed by atoms with E-state index in [9.17, 15) is 4.79 Å². The van der Waals surface area contributed by atoms with Gasteiger partial charge in [0.25, 0.3) is 0 Å². The minimum absolute atomic E-state index is 0.0667. The van der Waals surface area contributed by atoms with E-state index in [0.29, 0.717) is 5.92 Å². The van der Waals surface area contributed by atoms with E-state index in [2.05, 4.69) is 11.9 Å². The van der Waals surface area contributed by atoms with Crippen molar-refractivity contribution in [2.75, 3.05) is 47.4 Å². The number of hydrogen-bond acceptors (Lipinski definition) is 3. The molecular formula is C9H18N2O2. The highest BCUT2D eigenvalue weighted by molar-refractivity contribution is 5.77. The summed E-state index contributed by atoms with van der Waals surface area (Å²) < 4.78 is 4.78. The van der Waals surface area contributed by atoms with Crippen LogP contribution in [0.25, 0.3) is 0 Å². The van der Waals surface area contributed by atoms with Crippen LogP contribution in [0.15, 0.2) is 0 Å². The third-order valence-corrected chi connectivity index (χ3v) is 2.37. The SMILES string of the molecule is COCC(=O)N(C)CC1CN(C)C1. The van der Waals surface area contributed by atoms with Crippen LogP contribution in [0.2, 0.25) is 0 Å². The Balaban J connectivity index is 2.17. The van der Waals surface area contributed by atoms with Crippen molar-refractivity contribution in [3.05, 3.63) is 0 Å². The molecule has 0 aromatic heterocycles. The molecule has 0 aliphatic carbocycles. The molecule has 1 fully saturated rings. The second kappa shape index (κ2) is 4.58. The van der Waals surface area contributed by atoms with E-state index in [1.54, 1.807) is 12.0 Å². The van der Waals surface area contributed by atoms with Crippen molar-refractivity contribution in [1.29, 1.82) is 0 Å². The van der Waals surface area contributed by atoms with Gasteiger partial charge in [-0.2, -0.15) is 0 Å². The van der Waals surface area contributed by atoms with E-state index < -0.39 is 0 Å². The number of amides is 1. The molecular weight excluding hydrogens is 168 g/mol. The molecule has 0 radical (unpaired) electrons. The number of methoxy groups -OCH3 is 1. The first-order chi connectivity index (χ1) is 6.13. The first kappa shape index (κ1) is 10.5. The maximum Gasteiger partial charge on any atom is 0.248 e. The van der Waals surface area contributed by atoms with Crippen molar-refractivity contribution in [1.82, 2.24) is 9.80 Å². The second-order valence-electron chi connectivity index (χ2n) is 3.79. The summed E-state index contributed by atoms with van der Waals surface area (Å²) in [5.74, 6) is 0.716. The zero-order valence-electron chi connectivity index (χ0n) is 8.62. The third-order valence-electron chi connectivity index (χ3n) is 2.37. The summed E-state index contributed by atoms with van der Waals surface area (Å²) in [6.45, 7) is 3.25. The first-order valence-electron chi connectivity index (χ1n) is 4.55. The highest BCUT2D eigenvalue weighted by Crippen LogP contribution is 2.13. The van der Waals surface area contributed by atoms with Crippen molar-refractivity contribution in [2.45, 2.75) is 0 Å². The van der Waals surface area contributed by atoms with E-state index in [-0.39, 0.29) is 12.5 Å². The highest BCUT2D eigenvalue weighted by atomic mass is 16.5. The maximum atomic E-state index is 11.3. The monoisotopic (exact) mass is 186 g/mol. The molecule has 0 aromatic carbocycles. The van der Waals surface area contributed by atoms with Crippen LogP contribution in [-0.4, -0.2) is 63.2 Å². The minimum Gasteiger partial charge on any atom is -0.375 e. The number of nitrogens with zero attached hydrogens (tertiary/aromatic N) is 2. The summed E-state index contributed by atoms with van der Waals surface area (Å²) >= 11 is 0. The Morgan fingerprint density at radius 1 is 1.62 bits per heavy atom. The Morgan fingerprint density at radius 3 is 2.69 bits per heavy atom. The molecule has 0 N–H and O–H groups in total. The van der Waals surface area contributed by atoms with Crippen molar-refractivity contribution in [2.24, 2.45) is 5.92 Å². The minimum atomic E-state index is 0.0667. The van der Waals surface area contributed by atoms with Gasteiger partial charge in [-0.15, -0.1) is 0 Å². The Hall–Kier alpha value is -0.610. The van der Waals surface area contributed by atoms with E-state index in [1.165, 1.54) is 0 Å². The molecule has 1 aliphatic heterocycles. The lowest BCUT2D eigenvalue weighted by molar-refractivity contribution is -0.135. The van der Waals surface area contributed by atoms with E-state index in [4.69, 9.17) is 4.74 Å². The van der Waals surface area contributed by atoms with Crippen molar-refractivity contribution in [3.63, 3.8) is 0 Å². The number of carbonyl (C=O) groups excluding carboxylic acids is 1. The Labute approximate surface area is 79.4 Å². The van der Waals surface area contributed by atoms with Crippen LogP contribution in [0.4, 0.5) is 0 Å². The standard InChI is InChI=1S/C9H18N2O2/c1-10-4-8(5-10)6-11(2)9(12)7-13-3/h8H,4-7H2,1-3H3. The number of ether oxygens (including phenoxy) is 1. The van der Waals surface area contributed by atoms with E-state index >= 15 is 0 Å². The normalized spacial score (nSPS) is 18.4. The topological polar surface area (TPSA) is 32.8 Å².